The van der Waals surface area contributed by atoms with Crippen molar-refractivity contribution in [2.45, 2.75) is 19.5 Å². The number of nitrogens with one attached hydrogen (secondary N) is 2. The molecule has 0 aliphatic carbocycles. The van der Waals surface area contributed by atoms with Gasteiger partial charge in [0.1, 0.15) is 5.69 Å². The van der Waals surface area contributed by atoms with Crippen LogP contribution in [0.4, 0.5) is 9.93 Å². The van der Waals surface area contributed by atoms with Gasteiger partial charge in [0.05, 0.1) is 32.7 Å². The Morgan fingerprint density at radius 3 is 2.78 bits per heavy atom. The molecule has 0 radical (unpaired) electrons. The number of carbonyl (C=O) groups is 2. The Morgan fingerprint density at radius 1 is 1.19 bits per heavy atom. The van der Waals surface area contributed by atoms with Crippen LogP contribution in [0.15, 0.2) is 36.8 Å². The number of methoxy groups -OCH3 is 2. The fourth-order valence-electron chi connectivity index (χ4n) is 3.28. The van der Waals surface area contributed by atoms with E-state index in [1.165, 1.54) is 29.9 Å². The summed E-state index contributed by atoms with van der Waals surface area (Å²) >= 11 is 1.36. The van der Waals surface area contributed by atoms with Crippen LogP contribution in [0.25, 0.3) is 0 Å². The zero-order valence-corrected chi connectivity index (χ0v) is 18.4. The molecule has 0 unspecified atom stereocenters. The average Bonchev–Trinajstić information content (AvgIpc) is 3.24. The standard InChI is InChI=1S/C21H22N6O4S/c1-30-16-4-3-13(9-17(16)31-2)10-24-21(29)27-8-5-14-18(12-27)32-20(25-14)26-19(28)15-11-22-6-7-23-15/h3-4,6-7,9,11H,5,8,10,12H2,1-2H3,(H,24,29)(H,25,26,28). The second-order valence-corrected chi connectivity index (χ2v) is 8.04. The number of ether oxygens (including phenoxy) is 2. The summed E-state index contributed by atoms with van der Waals surface area (Å²) in [6, 6.07) is 5.36. The Kier molecular flexibility index (Phi) is 6.45. The Labute approximate surface area is 188 Å². The van der Waals surface area contributed by atoms with Crippen LogP contribution < -0.4 is 20.1 Å². The van der Waals surface area contributed by atoms with Gasteiger partial charge in [0, 0.05) is 36.8 Å². The first kappa shape index (κ1) is 21.5. The molecular weight excluding hydrogens is 432 g/mol. The summed E-state index contributed by atoms with van der Waals surface area (Å²) < 4.78 is 10.5. The molecule has 3 aromatic rings. The lowest BCUT2D eigenvalue weighted by Crippen LogP contribution is -2.42. The molecule has 11 heteroatoms. The zero-order valence-electron chi connectivity index (χ0n) is 17.6. The molecule has 0 fully saturated rings. The smallest absolute Gasteiger partial charge is 0.318 e. The van der Waals surface area contributed by atoms with Crippen LogP contribution >= 0.6 is 11.3 Å². The maximum absolute atomic E-state index is 12.7. The third-order valence-corrected chi connectivity index (χ3v) is 5.92. The number of aromatic nitrogens is 3. The molecule has 32 heavy (non-hydrogen) atoms. The highest BCUT2D eigenvalue weighted by atomic mass is 32.1. The van der Waals surface area contributed by atoms with Crippen molar-refractivity contribution in [3.8, 4) is 11.5 Å². The summed E-state index contributed by atoms with van der Waals surface area (Å²) in [5.41, 5.74) is 2.02. The van der Waals surface area contributed by atoms with Gasteiger partial charge >= 0.3 is 6.03 Å². The molecule has 1 aromatic carbocycles. The molecule has 0 saturated heterocycles. The van der Waals surface area contributed by atoms with Crippen molar-refractivity contribution >= 4 is 28.4 Å². The Balaban J connectivity index is 1.35. The Bertz CT molecular complexity index is 1120. The van der Waals surface area contributed by atoms with E-state index in [0.717, 1.165) is 16.1 Å². The van der Waals surface area contributed by atoms with Gasteiger partial charge in [-0.1, -0.05) is 17.4 Å². The predicted molar refractivity (Wildman–Crippen MR) is 118 cm³/mol. The number of amides is 3. The minimum atomic E-state index is -0.367. The lowest BCUT2D eigenvalue weighted by molar-refractivity contribution is 0.102. The molecule has 0 spiro atoms. The fourth-order valence-corrected chi connectivity index (χ4v) is 4.30. The van der Waals surface area contributed by atoms with E-state index in [2.05, 4.69) is 25.6 Å². The molecule has 4 rings (SSSR count). The van der Waals surface area contributed by atoms with Crippen LogP contribution in [-0.2, 0) is 19.5 Å². The molecule has 1 aliphatic rings. The van der Waals surface area contributed by atoms with E-state index in [0.29, 0.717) is 42.7 Å². The van der Waals surface area contributed by atoms with Crippen LogP contribution in [0.3, 0.4) is 0 Å². The summed E-state index contributed by atoms with van der Waals surface area (Å²) in [5.74, 6) is 0.884. The first-order valence-electron chi connectivity index (χ1n) is 9.87. The van der Waals surface area contributed by atoms with Crippen molar-refractivity contribution < 1.29 is 19.1 Å². The maximum Gasteiger partial charge on any atom is 0.318 e. The summed E-state index contributed by atoms with van der Waals surface area (Å²) in [4.78, 5) is 40.0. The van der Waals surface area contributed by atoms with Crippen LogP contribution in [0.1, 0.15) is 26.6 Å². The highest BCUT2D eigenvalue weighted by molar-refractivity contribution is 7.15. The van der Waals surface area contributed by atoms with Crippen molar-refractivity contribution in [1.29, 1.82) is 0 Å². The van der Waals surface area contributed by atoms with Gasteiger partial charge in [-0.3, -0.25) is 15.1 Å². The molecule has 0 atom stereocenters. The molecule has 166 valence electrons. The molecule has 0 saturated carbocycles. The van der Waals surface area contributed by atoms with Crippen molar-refractivity contribution in [1.82, 2.24) is 25.2 Å². The number of nitrogens with zero attached hydrogens (tertiary/aromatic N) is 4. The molecule has 3 heterocycles. The largest absolute Gasteiger partial charge is 0.493 e. The molecule has 3 amide bonds. The second-order valence-electron chi connectivity index (χ2n) is 6.95. The number of fused-ring (bicyclic) bond motifs is 1. The molecule has 0 bridgehead atoms. The van der Waals surface area contributed by atoms with Crippen molar-refractivity contribution in [2.24, 2.45) is 0 Å². The van der Waals surface area contributed by atoms with Crippen molar-refractivity contribution in [3.05, 3.63) is 58.6 Å². The highest BCUT2D eigenvalue weighted by Gasteiger charge is 2.25. The summed E-state index contributed by atoms with van der Waals surface area (Å²) in [6.07, 6.45) is 4.98. The van der Waals surface area contributed by atoms with Gasteiger partial charge in [-0.15, -0.1) is 0 Å². The lowest BCUT2D eigenvalue weighted by Gasteiger charge is -2.26. The minimum Gasteiger partial charge on any atom is -0.493 e. The zero-order chi connectivity index (χ0) is 22.5. The van der Waals surface area contributed by atoms with Gasteiger partial charge in [-0.25, -0.2) is 14.8 Å². The van der Waals surface area contributed by atoms with E-state index in [4.69, 9.17) is 9.47 Å². The number of rotatable bonds is 6. The topological polar surface area (TPSA) is 119 Å². The molecule has 1 aliphatic heterocycles. The molecule has 10 nitrogen and oxygen atoms in total. The number of hydrogen-bond acceptors (Lipinski definition) is 8. The van der Waals surface area contributed by atoms with Gasteiger partial charge in [0.25, 0.3) is 5.91 Å². The number of urea groups is 1. The number of benzene rings is 1. The maximum atomic E-state index is 12.7. The third-order valence-electron chi connectivity index (χ3n) is 4.93. The van der Waals surface area contributed by atoms with E-state index < -0.39 is 0 Å². The highest BCUT2D eigenvalue weighted by Crippen LogP contribution is 2.29. The monoisotopic (exact) mass is 454 g/mol. The first-order valence-corrected chi connectivity index (χ1v) is 10.7. The number of carbonyl (C=O) groups excluding carboxylic acids is 2. The normalized spacial score (nSPS) is 12.6. The molecule has 2 N–H and O–H groups in total. The van der Waals surface area contributed by atoms with Crippen LogP contribution in [-0.4, -0.2) is 52.6 Å². The third kappa shape index (κ3) is 4.78. The Hall–Kier alpha value is -3.73. The van der Waals surface area contributed by atoms with Gasteiger partial charge in [-0.2, -0.15) is 0 Å². The molecule has 2 aromatic heterocycles. The first-order chi connectivity index (χ1) is 15.6. The van der Waals surface area contributed by atoms with Gasteiger partial charge in [0.15, 0.2) is 16.6 Å². The van der Waals surface area contributed by atoms with Gasteiger partial charge in [0.2, 0.25) is 0 Å². The summed E-state index contributed by atoms with van der Waals surface area (Å²) in [5, 5.41) is 6.17. The predicted octanol–water partition coefficient (Wildman–Crippen LogP) is 2.47. The van der Waals surface area contributed by atoms with E-state index in [-0.39, 0.29) is 17.6 Å². The van der Waals surface area contributed by atoms with Crippen molar-refractivity contribution in [3.63, 3.8) is 0 Å². The van der Waals surface area contributed by atoms with Crippen LogP contribution in [0.5, 0.6) is 11.5 Å². The van der Waals surface area contributed by atoms with Gasteiger partial charge in [-0.05, 0) is 17.7 Å². The number of hydrogen-bond donors (Lipinski definition) is 2. The summed E-state index contributed by atoms with van der Waals surface area (Å²) in [7, 11) is 3.15. The molecular formula is C21H22N6O4S. The Morgan fingerprint density at radius 2 is 2.03 bits per heavy atom. The second kappa shape index (κ2) is 9.60. The number of anilines is 1. The van der Waals surface area contributed by atoms with Gasteiger partial charge < -0.3 is 19.7 Å². The quantitative estimate of drug-likeness (QED) is 0.587. The summed E-state index contributed by atoms with van der Waals surface area (Å²) in [6.45, 7) is 1.35. The van der Waals surface area contributed by atoms with E-state index >= 15 is 0 Å². The SMILES string of the molecule is COc1ccc(CNC(=O)N2CCc3nc(NC(=O)c4cnccn4)sc3C2)cc1OC. The van der Waals surface area contributed by atoms with Crippen LogP contribution in [0.2, 0.25) is 0 Å². The van der Waals surface area contributed by atoms with Crippen molar-refractivity contribution in [2.75, 3.05) is 26.1 Å². The average molecular weight is 455 g/mol. The van der Waals surface area contributed by atoms with Crippen LogP contribution in [0, 0.1) is 0 Å². The van der Waals surface area contributed by atoms with E-state index in [9.17, 15) is 9.59 Å². The van der Waals surface area contributed by atoms with E-state index in [1.807, 2.05) is 18.2 Å². The minimum absolute atomic E-state index is 0.163. The number of thiazole rings is 1. The van der Waals surface area contributed by atoms with E-state index in [1.54, 1.807) is 19.1 Å². The lowest BCUT2D eigenvalue weighted by atomic mass is 10.2. The fraction of sp³-hybridized carbons (Fsp3) is 0.286.